The second-order valence-corrected chi connectivity index (χ2v) is 5.49. The van der Waals surface area contributed by atoms with Gasteiger partial charge in [-0.3, -0.25) is 9.78 Å². The average Bonchev–Trinajstić information content (AvgIpc) is 2.70. The standard InChI is InChI=1S/C21H17NO4/c1-25-19-10-3-2-9-17(19)18(23)14-26-20(24)12-11-16-7-4-6-15-8-5-13-22-21(15)16/h2-13H,14H2,1H3/b12-11+. The van der Waals surface area contributed by atoms with Crippen LogP contribution >= 0.6 is 0 Å². The zero-order valence-electron chi connectivity index (χ0n) is 14.2. The molecular weight excluding hydrogens is 330 g/mol. The normalized spacial score (nSPS) is 10.8. The van der Waals surface area contributed by atoms with E-state index in [9.17, 15) is 9.59 Å². The van der Waals surface area contributed by atoms with Gasteiger partial charge in [-0.25, -0.2) is 4.79 Å². The Hall–Kier alpha value is -3.47. The van der Waals surface area contributed by atoms with Crippen molar-refractivity contribution in [2.75, 3.05) is 13.7 Å². The Bertz CT molecular complexity index is 973. The highest BCUT2D eigenvalue weighted by Gasteiger charge is 2.13. The molecule has 2 aromatic carbocycles. The lowest BCUT2D eigenvalue weighted by molar-refractivity contribution is -0.136. The quantitative estimate of drug-likeness (QED) is 0.387. The summed E-state index contributed by atoms with van der Waals surface area (Å²) >= 11 is 0. The third kappa shape index (κ3) is 3.95. The monoisotopic (exact) mass is 347 g/mol. The third-order valence-corrected chi connectivity index (χ3v) is 3.82. The summed E-state index contributed by atoms with van der Waals surface area (Å²) in [5.74, 6) is -0.469. The molecule has 1 aromatic heterocycles. The van der Waals surface area contributed by atoms with Crippen molar-refractivity contribution in [3.05, 3.63) is 78.0 Å². The molecule has 0 radical (unpaired) electrons. The van der Waals surface area contributed by atoms with Crippen LogP contribution in [0.5, 0.6) is 5.75 Å². The van der Waals surface area contributed by atoms with Gasteiger partial charge in [0, 0.05) is 23.2 Å². The van der Waals surface area contributed by atoms with Crippen LogP contribution in [0.4, 0.5) is 0 Å². The number of pyridine rings is 1. The number of carbonyl (C=O) groups excluding carboxylic acids is 2. The van der Waals surface area contributed by atoms with Gasteiger partial charge in [0.25, 0.3) is 0 Å². The van der Waals surface area contributed by atoms with E-state index >= 15 is 0 Å². The van der Waals surface area contributed by atoms with Gasteiger partial charge in [-0.05, 0) is 24.3 Å². The smallest absolute Gasteiger partial charge is 0.331 e. The van der Waals surface area contributed by atoms with E-state index in [0.717, 1.165) is 16.5 Å². The van der Waals surface area contributed by atoms with Crippen molar-refractivity contribution in [2.24, 2.45) is 0 Å². The van der Waals surface area contributed by atoms with Crippen molar-refractivity contribution in [1.82, 2.24) is 4.98 Å². The zero-order chi connectivity index (χ0) is 18.4. The van der Waals surface area contributed by atoms with Crippen molar-refractivity contribution in [1.29, 1.82) is 0 Å². The first-order valence-corrected chi connectivity index (χ1v) is 8.04. The molecule has 5 nitrogen and oxygen atoms in total. The SMILES string of the molecule is COc1ccccc1C(=O)COC(=O)/C=C/c1cccc2cccnc12. The van der Waals surface area contributed by atoms with Crippen LogP contribution in [0.1, 0.15) is 15.9 Å². The lowest BCUT2D eigenvalue weighted by Crippen LogP contribution is -2.13. The number of hydrogen-bond acceptors (Lipinski definition) is 5. The molecule has 26 heavy (non-hydrogen) atoms. The minimum absolute atomic E-state index is 0.323. The van der Waals surface area contributed by atoms with E-state index in [0.29, 0.717) is 11.3 Å². The first-order valence-electron chi connectivity index (χ1n) is 8.04. The first-order chi connectivity index (χ1) is 12.7. The number of ether oxygens (including phenoxy) is 2. The number of ketones is 1. The summed E-state index contributed by atoms with van der Waals surface area (Å²) < 4.78 is 10.2. The summed E-state index contributed by atoms with van der Waals surface area (Å²) in [6, 6.07) is 16.3. The number of Topliss-reactive ketones (excluding diaryl/α,β-unsaturated/α-hetero) is 1. The number of hydrogen-bond donors (Lipinski definition) is 0. The predicted octanol–water partition coefficient (Wildman–Crippen LogP) is 3.68. The van der Waals surface area contributed by atoms with Crippen LogP contribution in [-0.2, 0) is 9.53 Å². The maximum atomic E-state index is 12.2. The number of fused-ring (bicyclic) bond motifs is 1. The molecule has 0 bridgehead atoms. The summed E-state index contributed by atoms with van der Waals surface area (Å²) in [4.78, 5) is 28.4. The van der Waals surface area contributed by atoms with Crippen LogP contribution < -0.4 is 4.74 Å². The van der Waals surface area contributed by atoms with Gasteiger partial charge >= 0.3 is 5.97 Å². The number of para-hydroxylation sites is 2. The van der Waals surface area contributed by atoms with Crippen LogP contribution in [0.15, 0.2) is 66.9 Å². The number of methoxy groups -OCH3 is 1. The third-order valence-electron chi connectivity index (χ3n) is 3.82. The fraction of sp³-hybridized carbons (Fsp3) is 0.0952. The molecule has 0 amide bonds. The minimum Gasteiger partial charge on any atom is -0.496 e. The Balaban J connectivity index is 1.65. The van der Waals surface area contributed by atoms with Gasteiger partial charge in [0.15, 0.2) is 6.61 Å². The van der Waals surface area contributed by atoms with Gasteiger partial charge in [0.2, 0.25) is 5.78 Å². The largest absolute Gasteiger partial charge is 0.496 e. The molecule has 0 unspecified atom stereocenters. The Morgan fingerprint density at radius 2 is 1.85 bits per heavy atom. The number of benzene rings is 2. The summed E-state index contributed by atoms with van der Waals surface area (Å²) in [6.07, 6.45) is 4.62. The first kappa shape index (κ1) is 17.4. The Kier molecular flexibility index (Phi) is 5.39. The molecule has 3 aromatic rings. The van der Waals surface area contributed by atoms with Gasteiger partial charge < -0.3 is 9.47 Å². The molecule has 1 heterocycles. The molecule has 5 heteroatoms. The molecule has 130 valence electrons. The lowest BCUT2D eigenvalue weighted by Gasteiger charge is -2.07. The summed E-state index contributed by atoms with van der Waals surface area (Å²) in [7, 11) is 1.49. The Morgan fingerprint density at radius 3 is 2.69 bits per heavy atom. The van der Waals surface area contributed by atoms with E-state index < -0.39 is 5.97 Å². The molecule has 0 spiro atoms. The fourth-order valence-corrected chi connectivity index (χ4v) is 2.56. The van der Waals surface area contributed by atoms with Crippen molar-refractivity contribution >= 4 is 28.7 Å². The molecule has 0 saturated carbocycles. The van der Waals surface area contributed by atoms with Crippen LogP contribution in [0, 0.1) is 0 Å². The van der Waals surface area contributed by atoms with Crippen molar-refractivity contribution < 1.29 is 19.1 Å². The molecular formula is C21H17NO4. The maximum absolute atomic E-state index is 12.2. The molecule has 0 fully saturated rings. The van der Waals surface area contributed by atoms with Gasteiger partial charge in [-0.1, -0.05) is 36.4 Å². The second kappa shape index (κ2) is 8.07. The zero-order valence-corrected chi connectivity index (χ0v) is 14.2. The highest BCUT2D eigenvalue weighted by molar-refractivity contribution is 6.01. The topological polar surface area (TPSA) is 65.5 Å². The van der Waals surface area contributed by atoms with Gasteiger partial charge in [0.1, 0.15) is 5.75 Å². The molecule has 0 saturated heterocycles. The van der Waals surface area contributed by atoms with Crippen LogP contribution in [-0.4, -0.2) is 30.5 Å². The molecule has 0 aliphatic carbocycles. The Labute approximate surface area is 150 Å². The van der Waals surface area contributed by atoms with Gasteiger partial charge in [-0.15, -0.1) is 0 Å². The van der Waals surface area contributed by atoms with Gasteiger partial charge in [-0.2, -0.15) is 0 Å². The molecule has 0 aliphatic rings. The van der Waals surface area contributed by atoms with E-state index in [4.69, 9.17) is 9.47 Å². The number of carbonyl (C=O) groups is 2. The number of nitrogens with zero attached hydrogens (tertiary/aromatic N) is 1. The van der Waals surface area contributed by atoms with E-state index in [1.807, 2.05) is 30.3 Å². The van der Waals surface area contributed by atoms with E-state index in [-0.39, 0.29) is 12.4 Å². The van der Waals surface area contributed by atoms with Gasteiger partial charge in [0.05, 0.1) is 18.2 Å². The molecule has 0 aliphatic heterocycles. The summed E-state index contributed by atoms with van der Waals surface area (Å²) in [5, 5.41) is 0.981. The van der Waals surface area contributed by atoms with E-state index in [1.54, 1.807) is 36.5 Å². The van der Waals surface area contributed by atoms with Crippen LogP contribution in [0.25, 0.3) is 17.0 Å². The number of rotatable bonds is 6. The summed E-state index contributed by atoms with van der Waals surface area (Å²) in [6.45, 7) is -0.350. The average molecular weight is 347 g/mol. The van der Waals surface area contributed by atoms with Crippen molar-refractivity contribution in [2.45, 2.75) is 0 Å². The summed E-state index contributed by atoms with van der Waals surface area (Å²) in [5.41, 5.74) is 1.98. The highest BCUT2D eigenvalue weighted by atomic mass is 16.5. The van der Waals surface area contributed by atoms with Crippen LogP contribution in [0.3, 0.4) is 0 Å². The molecule has 0 N–H and O–H groups in total. The van der Waals surface area contributed by atoms with E-state index in [2.05, 4.69) is 4.98 Å². The van der Waals surface area contributed by atoms with Crippen molar-refractivity contribution in [3.8, 4) is 5.75 Å². The number of esters is 1. The fourth-order valence-electron chi connectivity index (χ4n) is 2.56. The minimum atomic E-state index is -0.596. The lowest BCUT2D eigenvalue weighted by atomic mass is 10.1. The maximum Gasteiger partial charge on any atom is 0.331 e. The predicted molar refractivity (Wildman–Crippen MR) is 99.1 cm³/mol. The Morgan fingerprint density at radius 1 is 1.04 bits per heavy atom. The van der Waals surface area contributed by atoms with Crippen LogP contribution in [0.2, 0.25) is 0 Å². The second-order valence-electron chi connectivity index (χ2n) is 5.49. The molecule has 3 rings (SSSR count). The number of aromatic nitrogens is 1. The van der Waals surface area contributed by atoms with Crippen molar-refractivity contribution in [3.63, 3.8) is 0 Å². The molecule has 0 atom stereocenters. The highest BCUT2D eigenvalue weighted by Crippen LogP contribution is 2.18. The van der Waals surface area contributed by atoms with E-state index in [1.165, 1.54) is 13.2 Å².